The minimum absolute atomic E-state index is 0.577. The van der Waals surface area contributed by atoms with Crippen molar-refractivity contribution in [1.82, 2.24) is 24.7 Å². The highest BCUT2D eigenvalue weighted by molar-refractivity contribution is 9.10. The topological polar surface area (TPSA) is 68.5 Å². The Morgan fingerprint density at radius 3 is 2.89 bits per heavy atom. The molecule has 0 spiro atoms. The van der Waals surface area contributed by atoms with Crippen molar-refractivity contribution in [3.63, 3.8) is 0 Å². The Kier molecular flexibility index (Phi) is 5.92. The first-order chi connectivity index (χ1) is 13.3. The van der Waals surface area contributed by atoms with Crippen LogP contribution in [0.1, 0.15) is 44.0 Å². The summed E-state index contributed by atoms with van der Waals surface area (Å²) in [6, 6.07) is 6.63. The standard InChI is InChI=1S/C19H23BrN6S/c1-27-19-25-24-17(26(19)14-5-2-3-6-14)7-4-10-21-18-15-11-13(20)8-9-16(15)22-12-23-18/h8-9,11-12,14H,2-7,10H2,1H3,(H,21,22,23). The molecule has 142 valence electrons. The van der Waals surface area contributed by atoms with Crippen LogP contribution in [0, 0.1) is 0 Å². The van der Waals surface area contributed by atoms with Gasteiger partial charge < -0.3 is 9.88 Å². The fourth-order valence-corrected chi connectivity index (χ4v) is 4.70. The Morgan fingerprint density at radius 2 is 2.07 bits per heavy atom. The predicted molar refractivity (Wildman–Crippen MR) is 113 cm³/mol. The molecule has 0 saturated heterocycles. The van der Waals surface area contributed by atoms with Crippen molar-refractivity contribution < 1.29 is 0 Å². The van der Waals surface area contributed by atoms with E-state index in [-0.39, 0.29) is 0 Å². The van der Waals surface area contributed by atoms with Crippen molar-refractivity contribution in [2.24, 2.45) is 0 Å². The zero-order valence-electron chi connectivity index (χ0n) is 15.4. The number of anilines is 1. The molecule has 27 heavy (non-hydrogen) atoms. The van der Waals surface area contributed by atoms with E-state index in [2.05, 4.69) is 58.3 Å². The summed E-state index contributed by atoms with van der Waals surface area (Å²) in [6.45, 7) is 0.838. The summed E-state index contributed by atoms with van der Waals surface area (Å²) >= 11 is 5.22. The monoisotopic (exact) mass is 446 g/mol. The zero-order chi connectivity index (χ0) is 18.6. The molecule has 0 radical (unpaired) electrons. The summed E-state index contributed by atoms with van der Waals surface area (Å²) < 4.78 is 3.41. The van der Waals surface area contributed by atoms with Crippen LogP contribution in [0.25, 0.3) is 10.9 Å². The van der Waals surface area contributed by atoms with Crippen molar-refractivity contribution >= 4 is 44.4 Å². The predicted octanol–water partition coefficient (Wildman–Crippen LogP) is 4.87. The van der Waals surface area contributed by atoms with Crippen molar-refractivity contribution in [2.75, 3.05) is 18.1 Å². The number of thioether (sulfide) groups is 1. The van der Waals surface area contributed by atoms with Crippen molar-refractivity contribution in [2.45, 2.75) is 49.7 Å². The normalized spacial score (nSPS) is 14.9. The van der Waals surface area contributed by atoms with Gasteiger partial charge in [-0.2, -0.15) is 0 Å². The molecule has 1 aliphatic rings. The molecule has 1 aliphatic carbocycles. The number of benzene rings is 1. The van der Waals surface area contributed by atoms with Crippen LogP contribution in [0.5, 0.6) is 0 Å². The van der Waals surface area contributed by atoms with Gasteiger partial charge in [0.05, 0.1) is 5.52 Å². The van der Waals surface area contributed by atoms with Crippen LogP contribution in [0.4, 0.5) is 5.82 Å². The molecule has 0 amide bonds. The summed E-state index contributed by atoms with van der Waals surface area (Å²) in [4.78, 5) is 8.74. The van der Waals surface area contributed by atoms with Gasteiger partial charge in [0.1, 0.15) is 18.0 Å². The minimum Gasteiger partial charge on any atom is -0.369 e. The van der Waals surface area contributed by atoms with E-state index in [1.54, 1.807) is 18.1 Å². The van der Waals surface area contributed by atoms with Crippen LogP contribution in [-0.2, 0) is 6.42 Å². The molecule has 4 rings (SSSR count). The van der Waals surface area contributed by atoms with E-state index in [0.717, 1.165) is 51.6 Å². The molecule has 1 aromatic carbocycles. The van der Waals surface area contributed by atoms with Gasteiger partial charge in [-0.25, -0.2) is 9.97 Å². The third-order valence-corrected chi connectivity index (χ3v) is 6.21. The largest absolute Gasteiger partial charge is 0.369 e. The van der Waals surface area contributed by atoms with E-state index in [1.807, 2.05) is 12.1 Å². The number of nitrogens with one attached hydrogen (secondary N) is 1. The number of aryl methyl sites for hydroxylation is 1. The molecule has 6 nitrogen and oxygen atoms in total. The zero-order valence-corrected chi connectivity index (χ0v) is 17.8. The fourth-order valence-electron chi connectivity index (χ4n) is 3.77. The first-order valence-electron chi connectivity index (χ1n) is 9.38. The second kappa shape index (κ2) is 8.56. The van der Waals surface area contributed by atoms with E-state index >= 15 is 0 Å². The van der Waals surface area contributed by atoms with Crippen LogP contribution in [-0.4, -0.2) is 37.5 Å². The molecule has 0 aliphatic heterocycles. The number of halogens is 1. The molecule has 0 atom stereocenters. The van der Waals surface area contributed by atoms with E-state index in [0.29, 0.717) is 6.04 Å². The maximum Gasteiger partial charge on any atom is 0.191 e. The third kappa shape index (κ3) is 4.11. The van der Waals surface area contributed by atoms with E-state index in [9.17, 15) is 0 Å². The molecule has 1 saturated carbocycles. The van der Waals surface area contributed by atoms with E-state index in [1.165, 1.54) is 25.7 Å². The molecule has 2 heterocycles. The van der Waals surface area contributed by atoms with E-state index in [4.69, 9.17) is 0 Å². The van der Waals surface area contributed by atoms with Gasteiger partial charge in [0.15, 0.2) is 5.16 Å². The summed E-state index contributed by atoms with van der Waals surface area (Å²) in [6.07, 6.45) is 10.7. The lowest BCUT2D eigenvalue weighted by molar-refractivity contribution is 0.461. The van der Waals surface area contributed by atoms with Crippen LogP contribution < -0.4 is 5.32 Å². The van der Waals surface area contributed by atoms with Crippen LogP contribution >= 0.6 is 27.7 Å². The lowest BCUT2D eigenvalue weighted by Crippen LogP contribution is -2.12. The second-order valence-corrected chi connectivity index (χ2v) is 8.51. The van der Waals surface area contributed by atoms with Gasteiger partial charge in [-0.1, -0.05) is 40.5 Å². The van der Waals surface area contributed by atoms with Crippen molar-refractivity contribution in [1.29, 1.82) is 0 Å². The highest BCUT2D eigenvalue weighted by Gasteiger charge is 2.23. The summed E-state index contributed by atoms with van der Waals surface area (Å²) in [5, 5.41) is 14.4. The maximum absolute atomic E-state index is 4.47. The number of fused-ring (bicyclic) bond motifs is 1. The second-order valence-electron chi connectivity index (χ2n) is 6.83. The Bertz CT molecular complexity index is 922. The average Bonchev–Trinajstić information content (AvgIpc) is 3.34. The van der Waals surface area contributed by atoms with Crippen LogP contribution in [0.2, 0.25) is 0 Å². The number of nitrogens with zero attached hydrogens (tertiary/aromatic N) is 5. The average molecular weight is 447 g/mol. The first-order valence-corrected chi connectivity index (χ1v) is 11.4. The summed E-state index contributed by atoms with van der Waals surface area (Å²) in [5.41, 5.74) is 0.946. The SMILES string of the molecule is CSc1nnc(CCCNc2ncnc3ccc(Br)cc23)n1C1CCCC1. The van der Waals surface area contributed by atoms with Gasteiger partial charge in [-0.05, 0) is 43.7 Å². The molecular formula is C19H23BrN6S. The molecule has 8 heteroatoms. The molecule has 2 aromatic heterocycles. The first kappa shape index (κ1) is 18.7. The molecule has 3 aromatic rings. The molecule has 1 N–H and O–H groups in total. The van der Waals surface area contributed by atoms with Crippen LogP contribution in [0.3, 0.4) is 0 Å². The highest BCUT2D eigenvalue weighted by Crippen LogP contribution is 2.33. The lowest BCUT2D eigenvalue weighted by atomic mass is 10.2. The Morgan fingerprint density at radius 1 is 1.22 bits per heavy atom. The number of rotatable bonds is 7. The van der Waals surface area contributed by atoms with Crippen LogP contribution in [0.15, 0.2) is 34.2 Å². The smallest absolute Gasteiger partial charge is 0.191 e. The van der Waals surface area contributed by atoms with Gasteiger partial charge in [0.2, 0.25) is 0 Å². The van der Waals surface area contributed by atoms with Gasteiger partial charge in [0.25, 0.3) is 0 Å². The lowest BCUT2D eigenvalue weighted by Gasteiger charge is -2.16. The highest BCUT2D eigenvalue weighted by atomic mass is 79.9. The quantitative estimate of drug-likeness (QED) is 0.412. The van der Waals surface area contributed by atoms with Gasteiger partial charge in [-0.15, -0.1) is 10.2 Å². The molecule has 0 unspecified atom stereocenters. The molecule has 1 fully saturated rings. The molecule has 0 bridgehead atoms. The third-order valence-electron chi connectivity index (χ3n) is 5.07. The van der Waals surface area contributed by atoms with Crippen molar-refractivity contribution in [3.8, 4) is 0 Å². The molecular weight excluding hydrogens is 424 g/mol. The maximum atomic E-state index is 4.47. The van der Waals surface area contributed by atoms with E-state index < -0.39 is 0 Å². The number of hydrogen-bond acceptors (Lipinski definition) is 6. The summed E-state index contributed by atoms with van der Waals surface area (Å²) in [7, 11) is 0. The Balaban J connectivity index is 1.41. The van der Waals surface area contributed by atoms with Gasteiger partial charge >= 0.3 is 0 Å². The fraction of sp³-hybridized carbons (Fsp3) is 0.474. The Labute approximate surface area is 171 Å². The van der Waals surface area contributed by atoms with Crippen molar-refractivity contribution in [3.05, 3.63) is 34.8 Å². The summed E-state index contributed by atoms with van der Waals surface area (Å²) in [5.74, 6) is 1.99. The number of hydrogen-bond donors (Lipinski definition) is 1. The van der Waals surface area contributed by atoms with Gasteiger partial charge in [0, 0.05) is 28.9 Å². The minimum atomic E-state index is 0.577. The number of aromatic nitrogens is 5. The van der Waals surface area contributed by atoms with Gasteiger partial charge in [-0.3, -0.25) is 0 Å². The Hall–Kier alpha value is -1.67.